The van der Waals surface area contributed by atoms with Crippen molar-refractivity contribution in [2.24, 2.45) is 5.92 Å². The molecule has 19 heavy (non-hydrogen) atoms. The van der Waals surface area contributed by atoms with Crippen molar-refractivity contribution in [2.75, 3.05) is 19.6 Å². The van der Waals surface area contributed by atoms with Gasteiger partial charge in [-0.25, -0.2) is 0 Å². The van der Waals surface area contributed by atoms with Crippen LogP contribution < -0.4 is 5.32 Å². The van der Waals surface area contributed by atoms with Crippen LogP contribution in [0.5, 0.6) is 0 Å². The molecule has 2 saturated heterocycles. The molecule has 0 saturated carbocycles. The summed E-state index contributed by atoms with van der Waals surface area (Å²) < 4.78 is 0. The summed E-state index contributed by atoms with van der Waals surface area (Å²) in [5.41, 5.74) is 3.00. The molecule has 0 aliphatic carbocycles. The van der Waals surface area contributed by atoms with Crippen molar-refractivity contribution in [1.29, 1.82) is 0 Å². The SMILES string of the molecule is Clc1ccc2c(c1)CCN1C[C@H]3CCCN[C@H]3C[C@H]21. The van der Waals surface area contributed by atoms with E-state index in [9.17, 15) is 0 Å². The van der Waals surface area contributed by atoms with Crippen LogP contribution in [0, 0.1) is 5.92 Å². The van der Waals surface area contributed by atoms with Gasteiger partial charge in [0.2, 0.25) is 0 Å². The zero-order valence-electron chi connectivity index (χ0n) is 11.2. The average molecular weight is 277 g/mol. The Labute approximate surface area is 120 Å². The van der Waals surface area contributed by atoms with Crippen molar-refractivity contribution in [2.45, 2.75) is 37.8 Å². The third-order valence-corrected chi connectivity index (χ3v) is 5.48. The Hall–Kier alpha value is -0.570. The monoisotopic (exact) mass is 276 g/mol. The second-order valence-corrected chi connectivity index (χ2v) is 6.74. The van der Waals surface area contributed by atoms with E-state index in [-0.39, 0.29) is 0 Å². The molecule has 2 nitrogen and oxygen atoms in total. The van der Waals surface area contributed by atoms with Crippen LogP contribution in [-0.2, 0) is 6.42 Å². The predicted octanol–water partition coefficient (Wildman–Crippen LogP) is 3.01. The Morgan fingerprint density at radius 2 is 2.26 bits per heavy atom. The largest absolute Gasteiger partial charge is 0.314 e. The zero-order chi connectivity index (χ0) is 12.8. The molecule has 1 aromatic rings. The normalized spacial score (nSPS) is 34.3. The number of fused-ring (bicyclic) bond motifs is 4. The number of nitrogens with zero attached hydrogens (tertiary/aromatic N) is 1. The van der Waals surface area contributed by atoms with Gasteiger partial charge in [0.1, 0.15) is 0 Å². The maximum atomic E-state index is 6.14. The van der Waals surface area contributed by atoms with Gasteiger partial charge in [0.15, 0.2) is 0 Å². The van der Waals surface area contributed by atoms with Crippen molar-refractivity contribution in [3.63, 3.8) is 0 Å². The van der Waals surface area contributed by atoms with Crippen LogP contribution in [-0.4, -0.2) is 30.6 Å². The summed E-state index contributed by atoms with van der Waals surface area (Å²) >= 11 is 6.14. The van der Waals surface area contributed by atoms with Gasteiger partial charge < -0.3 is 5.32 Å². The summed E-state index contributed by atoms with van der Waals surface area (Å²) in [4.78, 5) is 2.71. The van der Waals surface area contributed by atoms with Crippen LogP contribution in [0.2, 0.25) is 5.02 Å². The molecule has 3 heterocycles. The molecule has 0 spiro atoms. The quantitative estimate of drug-likeness (QED) is 0.784. The molecule has 4 rings (SSSR count). The highest BCUT2D eigenvalue weighted by Gasteiger charge is 2.39. The first kappa shape index (κ1) is 12.2. The Morgan fingerprint density at radius 1 is 1.32 bits per heavy atom. The van der Waals surface area contributed by atoms with E-state index in [1.807, 2.05) is 0 Å². The highest BCUT2D eigenvalue weighted by atomic mass is 35.5. The fraction of sp³-hybridized carbons (Fsp3) is 0.625. The molecular weight excluding hydrogens is 256 g/mol. The summed E-state index contributed by atoms with van der Waals surface area (Å²) in [6.45, 7) is 3.70. The maximum absolute atomic E-state index is 6.14. The molecule has 0 aromatic heterocycles. The lowest BCUT2D eigenvalue weighted by Crippen LogP contribution is -2.54. The van der Waals surface area contributed by atoms with Crippen LogP contribution in [0.3, 0.4) is 0 Å². The standard InChI is InChI=1S/C16H21ClN2/c17-13-3-4-14-11(8-13)5-7-19-10-12-2-1-6-18-15(12)9-16(14)19/h3-4,8,12,15-16,18H,1-2,5-7,9-10H2/t12-,15+,16-/m1/s1. The third kappa shape index (κ3) is 2.10. The van der Waals surface area contributed by atoms with Gasteiger partial charge in [-0.05, 0) is 61.4 Å². The van der Waals surface area contributed by atoms with E-state index >= 15 is 0 Å². The van der Waals surface area contributed by atoms with Gasteiger partial charge in [-0.15, -0.1) is 0 Å². The van der Waals surface area contributed by atoms with E-state index in [1.165, 1.54) is 50.0 Å². The number of hydrogen-bond acceptors (Lipinski definition) is 2. The van der Waals surface area contributed by atoms with Gasteiger partial charge in [-0.3, -0.25) is 4.90 Å². The molecule has 1 N–H and O–H groups in total. The van der Waals surface area contributed by atoms with Crippen LogP contribution in [0.4, 0.5) is 0 Å². The summed E-state index contributed by atoms with van der Waals surface area (Å²) in [6, 6.07) is 7.85. The van der Waals surface area contributed by atoms with Gasteiger partial charge in [0, 0.05) is 30.2 Å². The second-order valence-electron chi connectivity index (χ2n) is 6.30. The van der Waals surface area contributed by atoms with Crippen molar-refractivity contribution >= 4 is 11.6 Å². The maximum Gasteiger partial charge on any atom is 0.0408 e. The number of piperidine rings is 2. The summed E-state index contributed by atoms with van der Waals surface area (Å²) in [5.74, 6) is 0.874. The van der Waals surface area contributed by atoms with E-state index in [4.69, 9.17) is 11.6 Å². The van der Waals surface area contributed by atoms with Crippen molar-refractivity contribution in [3.05, 3.63) is 34.3 Å². The molecule has 3 aliphatic heterocycles. The smallest absolute Gasteiger partial charge is 0.0408 e. The van der Waals surface area contributed by atoms with E-state index in [0.29, 0.717) is 6.04 Å². The second kappa shape index (κ2) is 4.76. The van der Waals surface area contributed by atoms with Crippen molar-refractivity contribution in [1.82, 2.24) is 10.2 Å². The lowest BCUT2D eigenvalue weighted by molar-refractivity contribution is 0.0552. The minimum Gasteiger partial charge on any atom is -0.314 e. The lowest BCUT2D eigenvalue weighted by Gasteiger charge is -2.49. The van der Waals surface area contributed by atoms with Gasteiger partial charge in [0.05, 0.1) is 0 Å². The van der Waals surface area contributed by atoms with E-state index in [0.717, 1.165) is 23.4 Å². The summed E-state index contributed by atoms with van der Waals surface area (Å²) in [6.07, 6.45) is 5.21. The van der Waals surface area contributed by atoms with Gasteiger partial charge in [0.25, 0.3) is 0 Å². The fourth-order valence-electron chi connectivity index (χ4n) is 4.28. The molecule has 3 atom stereocenters. The number of benzene rings is 1. The van der Waals surface area contributed by atoms with Crippen molar-refractivity contribution < 1.29 is 0 Å². The zero-order valence-corrected chi connectivity index (χ0v) is 12.0. The summed E-state index contributed by atoms with van der Waals surface area (Å²) in [7, 11) is 0. The highest BCUT2D eigenvalue weighted by molar-refractivity contribution is 6.30. The molecule has 3 aliphatic rings. The lowest BCUT2D eigenvalue weighted by atomic mass is 9.77. The van der Waals surface area contributed by atoms with Crippen LogP contribution in [0.25, 0.3) is 0 Å². The van der Waals surface area contributed by atoms with E-state index < -0.39 is 0 Å². The number of nitrogens with one attached hydrogen (secondary N) is 1. The first-order chi connectivity index (χ1) is 9.31. The Bertz CT molecular complexity index is 488. The van der Waals surface area contributed by atoms with Gasteiger partial charge in [-0.2, -0.15) is 0 Å². The van der Waals surface area contributed by atoms with Crippen LogP contribution in [0.15, 0.2) is 18.2 Å². The molecule has 2 fully saturated rings. The Morgan fingerprint density at radius 3 is 3.21 bits per heavy atom. The van der Waals surface area contributed by atoms with Gasteiger partial charge >= 0.3 is 0 Å². The first-order valence-electron chi connectivity index (χ1n) is 7.57. The minimum absolute atomic E-state index is 0.618. The first-order valence-corrected chi connectivity index (χ1v) is 7.95. The molecule has 0 bridgehead atoms. The number of halogens is 1. The molecule has 0 amide bonds. The molecular formula is C16H21ClN2. The topological polar surface area (TPSA) is 15.3 Å². The van der Waals surface area contributed by atoms with Gasteiger partial charge in [-0.1, -0.05) is 17.7 Å². The average Bonchev–Trinajstić information content (AvgIpc) is 2.44. The molecule has 3 heteroatoms. The molecule has 0 unspecified atom stereocenters. The minimum atomic E-state index is 0.618. The highest BCUT2D eigenvalue weighted by Crippen LogP contribution is 2.40. The predicted molar refractivity (Wildman–Crippen MR) is 78.6 cm³/mol. The van der Waals surface area contributed by atoms with E-state index in [1.54, 1.807) is 0 Å². The fourth-order valence-corrected chi connectivity index (χ4v) is 4.48. The molecule has 1 aromatic carbocycles. The Kier molecular flexibility index (Phi) is 3.06. The Balaban J connectivity index is 1.65. The molecule has 102 valence electrons. The molecule has 0 radical (unpaired) electrons. The van der Waals surface area contributed by atoms with Crippen LogP contribution in [0.1, 0.15) is 36.4 Å². The third-order valence-electron chi connectivity index (χ3n) is 5.25. The van der Waals surface area contributed by atoms with Crippen molar-refractivity contribution in [3.8, 4) is 0 Å². The van der Waals surface area contributed by atoms with Crippen LogP contribution >= 0.6 is 11.6 Å². The summed E-state index contributed by atoms with van der Waals surface area (Å²) in [5, 5.41) is 4.63. The van der Waals surface area contributed by atoms with E-state index in [2.05, 4.69) is 28.4 Å². The number of rotatable bonds is 0. The number of hydrogen-bond donors (Lipinski definition) is 1.